The lowest BCUT2D eigenvalue weighted by Gasteiger charge is -2.01. The predicted molar refractivity (Wildman–Crippen MR) is 62.1 cm³/mol. The molecule has 0 aliphatic heterocycles. The van der Waals surface area contributed by atoms with Crippen LogP contribution in [0.4, 0.5) is 0 Å². The van der Waals surface area contributed by atoms with Gasteiger partial charge in [-0.15, -0.1) is 5.10 Å². The highest BCUT2D eigenvalue weighted by Crippen LogP contribution is 2.37. The van der Waals surface area contributed by atoms with Crippen LogP contribution in [0.3, 0.4) is 0 Å². The third-order valence-electron chi connectivity index (χ3n) is 2.24. The third-order valence-corrected chi connectivity index (χ3v) is 3.57. The van der Waals surface area contributed by atoms with Gasteiger partial charge in [-0.2, -0.15) is 0 Å². The van der Waals surface area contributed by atoms with Gasteiger partial charge in [-0.3, -0.25) is 0 Å². The lowest BCUT2D eigenvalue weighted by molar-refractivity contribution is 0.565. The Balaban J connectivity index is 1.85. The van der Waals surface area contributed by atoms with E-state index in [1.54, 1.807) is 0 Å². The molecular formula is C9H8BrN5S. The van der Waals surface area contributed by atoms with Crippen LogP contribution < -0.4 is 0 Å². The summed E-state index contributed by atoms with van der Waals surface area (Å²) in [5.74, 6) is 0. The molecule has 1 aliphatic rings. The number of halogens is 1. The fourth-order valence-electron chi connectivity index (χ4n) is 1.34. The van der Waals surface area contributed by atoms with Crippen LogP contribution in [-0.2, 0) is 0 Å². The maximum absolute atomic E-state index is 4.34. The van der Waals surface area contributed by atoms with Crippen molar-refractivity contribution >= 4 is 27.7 Å². The van der Waals surface area contributed by atoms with E-state index in [2.05, 4.69) is 36.4 Å². The second-order valence-electron chi connectivity index (χ2n) is 3.54. The summed E-state index contributed by atoms with van der Waals surface area (Å²) in [6, 6.07) is 6.28. The van der Waals surface area contributed by atoms with Gasteiger partial charge < -0.3 is 0 Å². The fourth-order valence-corrected chi connectivity index (χ4v) is 2.64. The molecule has 3 rings (SSSR count). The molecule has 82 valence electrons. The minimum atomic E-state index is 0.490. The predicted octanol–water partition coefficient (Wildman–Crippen LogP) is 2.32. The highest BCUT2D eigenvalue weighted by molar-refractivity contribution is 9.10. The zero-order chi connectivity index (χ0) is 11.0. The summed E-state index contributed by atoms with van der Waals surface area (Å²) in [6.07, 6.45) is 2.34. The van der Waals surface area contributed by atoms with Gasteiger partial charge in [0, 0.05) is 0 Å². The van der Waals surface area contributed by atoms with Gasteiger partial charge in [-0.25, -0.2) is 9.67 Å². The molecule has 0 bridgehead atoms. The van der Waals surface area contributed by atoms with E-state index in [0.29, 0.717) is 6.04 Å². The van der Waals surface area contributed by atoms with Gasteiger partial charge in [-0.1, -0.05) is 6.07 Å². The van der Waals surface area contributed by atoms with Crippen molar-refractivity contribution in [3.8, 4) is 0 Å². The molecule has 0 unspecified atom stereocenters. The van der Waals surface area contributed by atoms with E-state index < -0.39 is 0 Å². The first-order valence-electron chi connectivity index (χ1n) is 4.91. The molecule has 7 heteroatoms. The quantitative estimate of drug-likeness (QED) is 0.814. The molecular weight excluding hydrogens is 290 g/mol. The Kier molecular flexibility index (Phi) is 2.64. The second-order valence-corrected chi connectivity index (χ2v) is 5.34. The van der Waals surface area contributed by atoms with E-state index in [9.17, 15) is 0 Å². The van der Waals surface area contributed by atoms with E-state index in [1.807, 2.05) is 22.9 Å². The minimum Gasteiger partial charge on any atom is -0.234 e. The molecule has 5 nitrogen and oxygen atoms in total. The lowest BCUT2D eigenvalue weighted by atomic mass is 10.5. The first kappa shape index (κ1) is 10.2. The largest absolute Gasteiger partial charge is 0.234 e. The van der Waals surface area contributed by atoms with Crippen LogP contribution in [0.1, 0.15) is 18.9 Å². The number of pyridine rings is 1. The standard InChI is InChI=1S/C9H8BrN5S/c10-7-2-1-3-8(11-7)16-9-12-13-14-15(9)6-4-5-6/h1-3,6H,4-5H2. The summed E-state index contributed by atoms with van der Waals surface area (Å²) in [5, 5.41) is 13.4. The number of nitrogens with zero attached hydrogens (tertiary/aromatic N) is 5. The molecule has 0 saturated heterocycles. The number of hydrogen-bond donors (Lipinski definition) is 0. The minimum absolute atomic E-state index is 0.490. The first-order valence-corrected chi connectivity index (χ1v) is 6.52. The molecule has 0 aromatic carbocycles. The summed E-state index contributed by atoms with van der Waals surface area (Å²) >= 11 is 4.83. The topological polar surface area (TPSA) is 56.5 Å². The van der Waals surface area contributed by atoms with Crippen LogP contribution in [-0.4, -0.2) is 25.2 Å². The SMILES string of the molecule is Brc1cccc(Sc2nnnn2C2CC2)n1. The van der Waals surface area contributed by atoms with Crippen LogP contribution in [0.15, 0.2) is 33.0 Å². The van der Waals surface area contributed by atoms with Crippen LogP contribution in [0.5, 0.6) is 0 Å². The zero-order valence-corrected chi connectivity index (χ0v) is 10.6. The molecule has 0 N–H and O–H groups in total. The summed E-state index contributed by atoms with van der Waals surface area (Å²) in [4.78, 5) is 4.34. The van der Waals surface area contributed by atoms with Gasteiger partial charge in [0.2, 0.25) is 5.16 Å². The highest BCUT2D eigenvalue weighted by Gasteiger charge is 2.28. The Labute approximate surface area is 105 Å². The molecule has 0 atom stereocenters. The van der Waals surface area contributed by atoms with Crippen LogP contribution in [0.2, 0.25) is 0 Å². The van der Waals surface area contributed by atoms with Crippen molar-refractivity contribution in [2.24, 2.45) is 0 Å². The monoisotopic (exact) mass is 297 g/mol. The van der Waals surface area contributed by atoms with Crippen molar-refractivity contribution in [3.05, 3.63) is 22.8 Å². The van der Waals surface area contributed by atoms with Crippen molar-refractivity contribution in [1.82, 2.24) is 25.2 Å². The van der Waals surface area contributed by atoms with Gasteiger partial charge in [0.15, 0.2) is 0 Å². The highest BCUT2D eigenvalue weighted by atomic mass is 79.9. The fraction of sp³-hybridized carbons (Fsp3) is 0.333. The van der Waals surface area contributed by atoms with Crippen LogP contribution in [0.25, 0.3) is 0 Å². The van der Waals surface area contributed by atoms with Crippen molar-refractivity contribution in [3.63, 3.8) is 0 Å². The normalized spacial score (nSPS) is 15.3. The summed E-state index contributed by atoms with van der Waals surface area (Å²) < 4.78 is 2.70. The smallest absolute Gasteiger partial charge is 0.215 e. The van der Waals surface area contributed by atoms with E-state index in [4.69, 9.17) is 0 Å². The van der Waals surface area contributed by atoms with Crippen molar-refractivity contribution in [1.29, 1.82) is 0 Å². The molecule has 16 heavy (non-hydrogen) atoms. The van der Waals surface area contributed by atoms with Gasteiger partial charge in [0.25, 0.3) is 0 Å². The molecule has 2 heterocycles. The van der Waals surface area contributed by atoms with Crippen LogP contribution >= 0.6 is 27.7 Å². The summed E-state index contributed by atoms with van der Waals surface area (Å²) in [6.45, 7) is 0. The molecule has 0 radical (unpaired) electrons. The first-order chi connectivity index (χ1) is 7.83. The zero-order valence-electron chi connectivity index (χ0n) is 8.25. The van der Waals surface area contributed by atoms with Crippen molar-refractivity contribution in [2.75, 3.05) is 0 Å². The Morgan fingerprint density at radius 3 is 3.00 bits per heavy atom. The Hall–Kier alpha value is -0.950. The molecule has 1 fully saturated rings. The average molecular weight is 298 g/mol. The van der Waals surface area contributed by atoms with Gasteiger partial charge in [0.1, 0.15) is 9.63 Å². The van der Waals surface area contributed by atoms with Gasteiger partial charge in [-0.05, 0) is 63.1 Å². The number of hydrogen-bond acceptors (Lipinski definition) is 5. The summed E-state index contributed by atoms with van der Waals surface area (Å²) in [7, 11) is 0. The second kappa shape index (κ2) is 4.14. The Morgan fingerprint density at radius 2 is 2.25 bits per heavy atom. The van der Waals surface area contributed by atoms with Gasteiger partial charge >= 0.3 is 0 Å². The van der Waals surface area contributed by atoms with Crippen LogP contribution in [0, 0.1) is 0 Å². The van der Waals surface area contributed by atoms with E-state index in [-0.39, 0.29) is 0 Å². The number of tetrazole rings is 1. The van der Waals surface area contributed by atoms with E-state index in [1.165, 1.54) is 24.6 Å². The molecule has 1 saturated carbocycles. The molecule has 0 amide bonds. The molecule has 1 aliphatic carbocycles. The summed E-state index contributed by atoms with van der Waals surface area (Å²) in [5.41, 5.74) is 0. The molecule has 2 aromatic heterocycles. The van der Waals surface area contributed by atoms with Crippen molar-refractivity contribution in [2.45, 2.75) is 29.1 Å². The average Bonchev–Trinajstić information content (AvgIpc) is 3.00. The Morgan fingerprint density at radius 1 is 1.38 bits per heavy atom. The molecule has 2 aromatic rings. The Bertz CT molecular complexity index is 510. The maximum atomic E-state index is 4.34. The lowest BCUT2D eigenvalue weighted by Crippen LogP contribution is -1.98. The van der Waals surface area contributed by atoms with E-state index in [0.717, 1.165) is 14.8 Å². The van der Waals surface area contributed by atoms with E-state index >= 15 is 0 Å². The number of aromatic nitrogens is 5. The number of rotatable bonds is 3. The maximum Gasteiger partial charge on any atom is 0.215 e. The van der Waals surface area contributed by atoms with Gasteiger partial charge in [0.05, 0.1) is 6.04 Å². The van der Waals surface area contributed by atoms with Crippen molar-refractivity contribution < 1.29 is 0 Å². The third kappa shape index (κ3) is 2.10. The molecule has 0 spiro atoms.